The Balaban J connectivity index is 2.01. The summed E-state index contributed by atoms with van der Waals surface area (Å²) in [7, 11) is 3.75. The second kappa shape index (κ2) is 10.2. The lowest BCUT2D eigenvalue weighted by Crippen LogP contribution is -2.38. The number of likely N-dealkylation sites (N-methyl/N-ethyl adjacent to an activating group) is 1. The Morgan fingerprint density at radius 3 is 2.29 bits per heavy atom. The van der Waals surface area contributed by atoms with Gasteiger partial charge in [0.05, 0.1) is 12.2 Å². The highest BCUT2D eigenvalue weighted by Gasteiger charge is 2.30. The number of ether oxygens (including phenoxy) is 1. The van der Waals surface area contributed by atoms with E-state index in [1.54, 1.807) is 6.07 Å². The van der Waals surface area contributed by atoms with Gasteiger partial charge in [-0.3, -0.25) is 4.79 Å². The van der Waals surface area contributed by atoms with Gasteiger partial charge in [0.2, 0.25) is 5.91 Å². The average Bonchev–Trinajstić information content (AvgIpc) is 2.65. The van der Waals surface area contributed by atoms with E-state index in [0.717, 1.165) is 17.7 Å². The molecule has 4 nitrogen and oxygen atoms in total. The highest BCUT2D eigenvalue weighted by Crippen LogP contribution is 2.29. The van der Waals surface area contributed by atoms with Gasteiger partial charge in [-0.1, -0.05) is 42.5 Å². The topological polar surface area (TPSA) is 32.8 Å². The number of halogens is 3. The molecule has 0 fully saturated rings. The molecule has 0 aliphatic rings. The summed E-state index contributed by atoms with van der Waals surface area (Å²) in [5.41, 5.74) is 0.670. The van der Waals surface area contributed by atoms with Gasteiger partial charge in [-0.2, -0.15) is 13.2 Å². The van der Waals surface area contributed by atoms with E-state index in [-0.39, 0.29) is 19.1 Å². The molecule has 0 aromatic heterocycles. The Morgan fingerprint density at radius 1 is 0.964 bits per heavy atom. The number of nitrogens with zero attached hydrogens (tertiary/aromatic N) is 2. The van der Waals surface area contributed by atoms with Crippen LogP contribution < -0.4 is 0 Å². The van der Waals surface area contributed by atoms with Gasteiger partial charge in [0, 0.05) is 19.6 Å². The molecule has 2 rings (SSSR count). The van der Waals surface area contributed by atoms with E-state index in [9.17, 15) is 18.0 Å². The fourth-order valence-corrected chi connectivity index (χ4v) is 2.60. The average molecular weight is 394 g/mol. The number of carbonyl (C=O) groups excluding carboxylic acids is 1. The summed E-state index contributed by atoms with van der Waals surface area (Å²) < 4.78 is 44.3. The predicted molar refractivity (Wildman–Crippen MR) is 102 cm³/mol. The number of hydrogen-bond donors (Lipinski definition) is 0. The van der Waals surface area contributed by atoms with Crippen LogP contribution in [-0.4, -0.2) is 49.5 Å². The van der Waals surface area contributed by atoms with Crippen LogP contribution in [0.25, 0.3) is 0 Å². The molecular formula is C21H25F3N2O2. The summed E-state index contributed by atoms with van der Waals surface area (Å²) in [5, 5.41) is 0. The monoisotopic (exact) mass is 394 g/mol. The second-order valence-electron chi connectivity index (χ2n) is 6.80. The molecule has 0 aliphatic heterocycles. The van der Waals surface area contributed by atoms with Gasteiger partial charge in [0.1, 0.15) is 6.61 Å². The Bertz CT molecular complexity index is 749. The van der Waals surface area contributed by atoms with Gasteiger partial charge in [0.25, 0.3) is 0 Å². The molecule has 0 radical (unpaired) electrons. The molecule has 0 unspecified atom stereocenters. The largest absolute Gasteiger partial charge is 0.416 e. The fraction of sp³-hybridized carbons (Fsp3) is 0.381. The van der Waals surface area contributed by atoms with Crippen molar-refractivity contribution in [3.63, 3.8) is 0 Å². The molecule has 1 amide bonds. The van der Waals surface area contributed by atoms with Crippen molar-refractivity contribution in [1.82, 2.24) is 9.80 Å². The number of alkyl halides is 3. The first kappa shape index (κ1) is 21.9. The Morgan fingerprint density at radius 2 is 1.64 bits per heavy atom. The first-order valence-corrected chi connectivity index (χ1v) is 8.96. The quantitative estimate of drug-likeness (QED) is 0.648. The van der Waals surface area contributed by atoms with E-state index in [1.807, 2.05) is 49.3 Å². The maximum Gasteiger partial charge on any atom is 0.416 e. The summed E-state index contributed by atoms with van der Waals surface area (Å²) in [6, 6.07) is 14.5. The molecule has 0 saturated carbocycles. The van der Waals surface area contributed by atoms with Crippen LogP contribution in [0.1, 0.15) is 16.7 Å². The lowest BCUT2D eigenvalue weighted by molar-refractivity contribution is -0.137. The Hall–Kier alpha value is -2.38. The van der Waals surface area contributed by atoms with Crippen molar-refractivity contribution in [2.24, 2.45) is 0 Å². The van der Waals surface area contributed by atoms with Gasteiger partial charge in [-0.05, 0) is 37.4 Å². The van der Waals surface area contributed by atoms with Crippen LogP contribution >= 0.6 is 0 Å². The number of rotatable bonds is 9. The maximum absolute atomic E-state index is 12.9. The molecule has 0 heterocycles. The van der Waals surface area contributed by atoms with Crippen molar-refractivity contribution >= 4 is 5.91 Å². The molecule has 0 aliphatic carbocycles. The number of amides is 1. The molecule has 0 saturated heterocycles. The van der Waals surface area contributed by atoms with E-state index >= 15 is 0 Å². The van der Waals surface area contributed by atoms with Crippen LogP contribution in [0, 0.1) is 0 Å². The van der Waals surface area contributed by atoms with Gasteiger partial charge in [0.15, 0.2) is 0 Å². The predicted octanol–water partition coefficient (Wildman–Crippen LogP) is 3.81. The SMILES string of the molecule is CN(C)CCN(Cc1cccc(C(F)(F)F)c1)C(=O)COCc1ccccc1. The molecule has 7 heteroatoms. The van der Waals surface area contributed by atoms with Crippen molar-refractivity contribution in [2.75, 3.05) is 33.8 Å². The van der Waals surface area contributed by atoms with Gasteiger partial charge >= 0.3 is 6.18 Å². The summed E-state index contributed by atoms with van der Waals surface area (Å²) in [4.78, 5) is 16.0. The third-order valence-electron chi connectivity index (χ3n) is 4.13. The fourth-order valence-electron chi connectivity index (χ4n) is 2.60. The summed E-state index contributed by atoms with van der Waals surface area (Å²) in [6.45, 7) is 1.28. The van der Waals surface area contributed by atoms with Crippen molar-refractivity contribution in [3.8, 4) is 0 Å². The van der Waals surface area contributed by atoms with E-state index < -0.39 is 11.7 Å². The second-order valence-corrected chi connectivity index (χ2v) is 6.80. The smallest absolute Gasteiger partial charge is 0.367 e. The molecule has 152 valence electrons. The molecule has 0 spiro atoms. The molecule has 0 atom stereocenters. The van der Waals surface area contributed by atoms with Crippen LogP contribution in [0.5, 0.6) is 0 Å². The molecule has 0 N–H and O–H groups in total. The maximum atomic E-state index is 12.9. The lowest BCUT2D eigenvalue weighted by Gasteiger charge is -2.25. The minimum absolute atomic E-state index is 0.102. The van der Waals surface area contributed by atoms with Gasteiger partial charge in [-0.25, -0.2) is 0 Å². The normalized spacial score (nSPS) is 11.6. The zero-order valence-electron chi connectivity index (χ0n) is 16.1. The van der Waals surface area contributed by atoms with E-state index in [0.29, 0.717) is 25.3 Å². The third kappa shape index (κ3) is 7.32. The minimum atomic E-state index is -4.41. The summed E-state index contributed by atoms with van der Waals surface area (Å²) in [5.74, 6) is -0.254. The number of hydrogen-bond acceptors (Lipinski definition) is 3. The van der Waals surface area contributed by atoms with Crippen molar-refractivity contribution in [3.05, 3.63) is 71.3 Å². The number of benzene rings is 2. The Labute approximate surface area is 163 Å². The van der Waals surface area contributed by atoms with Crippen LogP contribution in [0.3, 0.4) is 0 Å². The van der Waals surface area contributed by atoms with Crippen LogP contribution in [-0.2, 0) is 28.9 Å². The number of carbonyl (C=O) groups is 1. The van der Waals surface area contributed by atoms with E-state index in [2.05, 4.69) is 0 Å². The van der Waals surface area contributed by atoms with Crippen molar-refractivity contribution in [2.45, 2.75) is 19.3 Å². The molecule has 2 aromatic rings. The van der Waals surface area contributed by atoms with Crippen molar-refractivity contribution < 1.29 is 22.7 Å². The Kier molecular flexibility index (Phi) is 8.02. The molecular weight excluding hydrogens is 369 g/mol. The van der Waals surface area contributed by atoms with Gasteiger partial charge in [-0.15, -0.1) is 0 Å². The summed E-state index contributed by atoms with van der Waals surface area (Å²) in [6.07, 6.45) is -4.41. The molecule has 28 heavy (non-hydrogen) atoms. The molecule has 0 bridgehead atoms. The first-order valence-electron chi connectivity index (χ1n) is 8.96. The standard InChI is InChI=1S/C21H25F3N2O2/c1-25(2)11-12-26(14-18-9-6-10-19(13-18)21(22,23)24)20(27)16-28-15-17-7-4-3-5-8-17/h3-10,13H,11-12,14-16H2,1-2H3. The van der Waals surface area contributed by atoms with E-state index in [1.165, 1.54) is 11.0 Å². The minimum Gasteiger partial charge on any atom is -0.367 e. The van der Waals surface area contributed by atoms with Crippen LogP contribution in [0.15, 0.2) is 54.6 Å². The van der Waals surface area contributed by atoms with Crippen LogP contribution in [0.4, 0.5) is 13.2 Å². The highest BCUT2D eigenvalue weighted by atomic mass is 19.4. The zero-order valence-corrected chi connectivity index (χ0v) is 16.1. The third-order valence-corrected chi connectivity index (χ3v) is 4.13. The first-order chi connectivity index (χ1) is 13.3. The zero-order chi connectivity index (χ0) is 20.6. The van der Waals surface area contributed by atoms with Crippen molar-refractivity contribution in [1.29, 1.82) is 0 Å². The summed E-state index contributed by atoms with van der Waals surface area (Å²) >= 11 is 0. The highest BCUT2D eigenvalue weighted by molar-refractivity contribution is 5.77. The van der Waals surface area contributed by atoms with Gasteiger partial charge < -0.3 is 14.5 Å². The van der Waals surface area contributed by atoms with Crippen LogP contribution in [0.2, 0.25) is 0 Å². The molecule has 2 aromatic carbocycles. The van der Waals surface area contributed by atoms with E-state index in [4.69, 9.17) is 4.74 Å². The lowest BCUT2D eigenvalue weighted by atomic mass is 10.1.